The average Bonchev–Trinajstić information content (AvgIpc) is 2.12. The quantitative estimate of drug-likeness (QED) is 0.324. The van der Waals surface area contributed by atoms with Gasteiger partial charge < -0.3 is 9.47 Å². The topological polar surface area (TPSA) is 52.6 Å². The second-order valence-electron chi connectivity index (χ2n) is 2.50. The minimum atomic E-state index is -0.559. The van der Waals surface area contributed by atoms with E-state index in [-0.39, 0.29) is 0 Å². The molecule has 74 valence electrons. The summed E-state index contributed by atoms with van der Waals surface area (Å²) in [6.07, 6.45) is 0. The maximum atomic E-state index is 10.9. The van der Waals surface area contributed by atoms with E-state index in [1.165, 1.54) is 0 Å². The molecule has 0 aromatic heterocycles. The van der Waals surface area contributed by atoms with E-state index < -0.39 is 23.8 Å². The summed E-state index contributed by atoms with van der Waals surface area (Å²) in [5, 5.41) is 0. The smallest absolute Gasteiger partial charge is 0.277 e. The predicted molar refractivity (Wildman–Crippen MR) is 41.2 cm³/mol. The fourth-order valence-corrected chi connectivity index (χ4v) is 0.671. The van der Waals surface area contributed by atoms with Gasteiger partial charge in [-0.25, -0.2) is 0 Å². The minimum Gasteiger partial charge on any atom is -0.640 e. The molecule has 6 heteroatoms. The van der Waals surface area contributed by atoms with Crippen LogP contribution in [0.1, 0.15) is 13.8 Å². The van der Waals surface area contributed by atoms with Gasteiger partial charge in [0, 0.05) is 0 Å². The maximum Gasteiger partial charge on any atom is 0.277 e. The van der Waals surface area contributed by atoms with Gasteiger partial charge >= 0.3 is 0 Å². The van der Waals surface area contributed by atoms with Crippen LogP contribution in [0, 0.1) is 26.1 Å². The summed E-state index contributed by atoms with van der Waals surface area (Å²) >= 11 is 0. The Bertz CT molecular complexity index is 164. The Morgan fingerprint density at radius 3 is 1.29 bits per heavy atom. The molecule has 0 rings (SSSR count). The molecule has 0 radical (unpaired) electrons. The number of hydrogen-bond acceptors (Lipinski definition) is 4. The van der Waals surface area contributed by atoms with Crippen LogP contribution in [0.15, 0.2) is 0 Å². The van der Waals surface area contributed by atoms with Crippen LogP contribution in [0.5, 0.6) is 0 Å². The first-order chi connectivity index (χ1) is 5.54. The fourth-order valence-electron chi connectivity index (χ4n) is 0.671. The van der Waals surface area contributed by atoms with Crippen molar-refractivity contribution in [3.05, 3.63) is 14.2 Å². The first kappa shape index (κ1) is 17.1. The number of carbonyl (C=O) groups is 2. The van der Waals surface area contributed by atoms with Crippen molar-refractivity contribution in [2.24, 2.45) is 11.8 Å². The molecule has 0 aliphatic heterocycles. The Hall–Kier alpha value is -3.06. The predicted octanol–water partition coefficient (Wildman–Crippen LogP) is 0.928. The van der Waals surface area contributed by atoms with Crippen LogP contribution in [0.3, 0.4) is 0 Å². The molecule has 0 aromatic carbocycles. The Balaban J connectivity index is -0.000000605. The molecule has 0 aromatic rings. The van der Waals surface area contributed by atoms with Crippen molar-refractivity contribution in [3.8, 4) is 0 Å². The van der Waals surface area contributed by atoms with Crippen molar-refractivity contribution < 1.29 is 19.1 Å². The van der Waals surface area contributed by atoms with Crippen molar-refractivity contribution in [1.82, 2.24) is 0 Å². The monoisotopic (exact) mass is 706 g/mol. The largest absolute Gasteiger partial charge is 0.640 e. The van der Waals surface area contributed by atoms with Crippen LogP contribution < -0.4 is 0 Å². The van der Waals surface area contributed by atoms with E-state index in [0.717, 1.165) is 0 Å². The second kappa shape index (κ2) is 6.64. The molecule has 0 saturated heterocycles. The number of ether oxygens (including phenoxy) is 2. The first-order valence-corrected chi connectivity index (χ1v) is 3.46. The molecule has 0 heterocycles. The summed E-state index contributed by atoms with van der Waals surface area (Å²) in [6, 6.07) is 0. The fraction of sp³-hybridized carbons (Fsp3) is 0.500. The summed E-state index contributed by atoms with van der Waals surface area (Å²) in [5.74, 6) is -2.19. The molecule has 0 bridgehead atoms. The second-order valence-corrected chi connectivity index (χ2v) is 2.50. The van der Waals surface area contributed by atoms with Crippen molar-refractivity contribution in [1.29, 1.82) is 0 Å². The third kappa shape index (κ3) is 3.37. The van der Waals surface area contributed by atoms with Gasteiger partial charge in [-0.2, -0.15) is 14.2 Å². The molecule has 0 N–H and O–H groups in total. The van der Waals surface area contributed by atoms with Gasteiger partial charge in [0.05, 0.1) is 11.8 Å². The SMILES string of the molecule is [CH2-]OC(=O)C(C)C(C)C(=O)O[CH2-].[Rf].[Rf]. The van der Waals surface area contributed by atoms with Crippen molar-refractivity contribution in [2.45, 2.75) is 13.8 Å². The molecule has 2 unspecified atom stereocenters. The molecular formula is C8H12O4Rf2-2. The van der Waals surface area contributed by atoms with Gasteiger partial charge in [-0.3, -0.25) is 9.59 Å². The first-order valence-electron chi connectivity index (χ1n) is 3.46. The molecule has 0 spiro atoms. The Kier molecular flexibility index (Phi) is 8.13. The van der Waals surface area contributed by atoms with Crippen LogP contribution >= 0.6 is 0 Å². The van der Waals surface area contributed by atoms with Gasteiger partial charge in [0.25, 0.3) is 11.9 Å². The molecular weight excluding hydrogens is 694 g/mol. The van der Waals surface area contributed by atoms with Gasteiger partial charge in [0.15, 0.2) is 0 Å². The molecule has 14 heavy (non-hydrogen) atoms. The number of carbonyl (C=O) groups excluding carboxylic acids is 2. The number of esters is 2. The van der Waals surface area contributed by atoms with Crippen LogP contribution in [0.25, 0.3) is 0 Å². The summed E-state index contributed by atoms with van der Waals surface area (Å²) in [4.78, 5) is 21.7. The van der Waals surface area contributed by atoms with Gasteiger partial charge in [-0.1, -0.05) is 13.8 Å². The van der Waals surface area contributed by atoms with Crippen molar-refractivity contribution in [3.63, 3.8) is 0 Å². The third-order valence-electron chi connectivity index (χ3n) is 1.78. The maximum absolute atomic E-state index is 10.9. The van der Waals surface area contributed by atoms with Crippen LogP contribution in [-0.2, 0) is 19.1 Å². The van der Waals surface area contributed by atoms with E-state index >= 15 is 0 Å². The molecule has 0 saturated carbocycles. The van der Waals surface area contributed by atoms with E-state index in [1.807, 2.05) is 0 Å². The Labute approximate surface area is 71.8 Å². The van der Waals surface area contributed by atoms with Gasteiger partial charge in [-0.05, 0) is 0 Å². The number of rotatable bonds is 3. The molecule has 0 amide bonds. The van der Waals surface area contributed by atoms with Crippen molar-refractivity contribution in [2.75, 3.05) is 0 Å². The zero-order valence-electron chi connectivity index (χ0n) is 8.62. The average molecular weight is 706 g/mol. The third-order valence-corrected chi connectivity index (χ3v) is 1.78. The standard InChI is InChI=1S/C8H12O4.2Rf/c1-5(7(9)11-3)6(2)8(10)12-4;;/h5-6H,3-4H2,1-2H3;;/q-2;;. The van der Waals surface area contributed by atoms with Crippen LogP contribution in [-0.4, -0.2) is 11.9 Å². The Morgan fingerprint density at radius 2 is 1.14 bits per heavy atom. The number of hydrogen-bond donors (Lipinski definition) is 0. The molecule has 0 aliphatic carbocycles. The van der Waals surface area contributed by atoms with E-state index in [2.05, 4.69) is 23.7 Å². The minimum absolute atomic E-state index is 0. The van der Waals surface area contributed by atoms with E-state index in [0.29, 0.717) is 0 Å². The van der Waals surface area contributed by atoms with E-state index in [1.54, 1.807) is 13.8 Å². The van der Waals surface area contributed by atoms with Gasteiger partial charge in [0.2, 0.25) is 0 Å². The molecule has 0 fully saturated rings. The summed E-state index contributed by atoms with van der Waals surface area (Å²) < 4.78 is 8.42. The van der Waals surface area contributed by atoms with Crippen LogP contribution in [0.4, 0.5) is 0 Å². The molecule has 2 atom stereocenters. The molecule has 4 nitrogen and oxygen atoms in total. The Morgan fingerprint density at radius 1 is 0.929 bits per heavy atom. The summed E-state index contributed by atoms with van der Waals surface area (Å²) in [6.45, 7) is 3.13. The zero-order chi connectivity index (χ0) is 9.72. The van der Waals surface area contributed by atoms with E-state index in [9.17, 15) is 9.59 Å². The summed E-state index contributed by atoms with van der Waals surface area (Å²) in [7, 11) is 5.91. The van der Waals surface area contributed by atoms with Crippen LogP contribution in [0.2, 0.25) is 0 Å². The molecule has 0 aliphatic rings. The van der Waals surface area contributed by atoms with Crippen molar-refractivity contribution >= 4 is 11.9 Å². The van der Waals surface area contributed by atoms with Gasteiger partial charge in [-0.15, -0.1) is 0 Å². The van der Waals surface area contributed by atoms with E-state index in [4.69, 9.17) is 0 Å². The summed E-state index contributed by atoms with van der Waals surface area (Å²) in [5.41, 5.74) is 0. The normalized spacial score (nSPS) is 12.6. The van der Waals surface area contributed by atoms with Gasteiger partial charge in [0.1, 0.15) is 0 Å². The zero-order valence-corrected chi connectivity index (χ0v) is 21.4.